The monoisotopic (exact) mass is 338 g/mol. The first-order valence-electron chi connectivity index (χ1n) is 9.57. The number of phenols is 2. The molecule has 0 atom stereocenters. The van der Waals surface area contributed by atoms with Gasteiger partial charge in [-0.2, -0.15) is 0 Å². The SMILES string of the molecule is CC(C)(CCc1ccccc1)c1cc(O)c(C2CCCCC2)cc1O. The van der Waals surface area contributed by atoms with Crippen LogP contribution in [0.1, 0.15) is 75.0 Å². The van der Waals surface area contributed by atoms with Crippen LogP contribution in [0.3, 0.4) is 0 Å². The van der Waals surface area contributed by atoms with Gasteiger partial charge < -0.3 is 10.2 Å². The van der Waals surface area contributed by atoms with Gasteiger partial charge in [-0.05, 0) is 54.7 Å². The Labute approximate surface area is 151 Å². The molecule has 0 unspecified atom stereocenters. The van der Waals surface area contributed by atoms with E-state index in [4.69, 9.17) is 0 Å². The van der Waals surface area contributed by atoms with Gasteiger partial charge in [0.05, 0.1) is 0 Å². The summed E-state index contributed by atoms with van der Waals surface area (Å²) in [6.45, 7) is 4.29. The molecule has 0 spiro atoms. The summed E-state index contributed by atoms with van der Waals surface area (Å²) < 4.78 is 0. The Morgan fingerprint density at radius 2 is 1.60 bits per heavy atom. The van der Waals surface area contributed by atoms with Crippen LogP contribution in [0.4, 0.5) is 0 Å². The van der Waals surface area contributed by atoms with Gasteiger partial charge in [-0.1, -0.05) is 63.4 Å². The highest BCUT2D eigenvalue weighted by atomic mass is 16.3. The fraction of sp³-hybridized carbons (Fsp3) is 0.478. The van der Waals surface area contributed by atoms with Crippen LogP contribution in [0.2, 0.25) is 0 Å². The van der Waals surface area contributed by atoms with Crippen molar-refractivity contribution in [3.63, 3.8) is 0 Å². The molecule has 134 valence electrons. The number of phenolic OH excluding ortho intramolecular Hbond substituents is 2. The predicted molar refractivity (Wildman–Crippen MR) is 103 cm³/mol. The second-order valence-electron chi connectivity index (χ2n) is 8.13. The van der Waals surface area contributed by atoms with E-state index in [1.54, 1.807) is 0 Å². The standard InChI is InChI=1S/C23H30O2/c1-23(2,14-13-17-9-5-3-6-10-17)20-16-21(24)19(15-22(20)25)18-11-7-4-8-12-18/h3,5-6,9-10,15-16,18,24-25H,4,7-8,11-14H2,1-2H3. The summed E-state index contributed by atoms with van der Waals surface area (Å²) in [6, 6.07) is 14.1. The molecule has 0 saturated heterocycles. The van der Waals surface area contributed by atoms with Crippen molar-refractivity contribution < 1.29 is 10.2 Å². The summed E-state index contributed by atoms with van der Waals surface area (Å²) in [5.74, 6) is 1.07. The number of aromatic hydroxyl groups is 2. The molecule has 2 nitrogen and oxygen atoms in total. The van der Waals surface area contributed by atoms with Gasteiger partial charge in [0.2, 0.25) is 0 Å². The Morgan fingerprint density at radius 1 is 0.920 bits per heavy atom. The molecule has 2 N–H and O–H groups in total. The van der Waals surface area contributed by atoms with E-state index in [-0.39, 0.29) is 5.41 Å². The molecule has 1 fully saturated rings. The minimum atomic E-state index is -0.192. The minimum Gasteiger partial charge on any atom is -0.508 e. The first-order valence-corrected chi connectivity index (χ1v) is 9.57. The molecule has 2 aromatic carbocycles. The molecule has 1 saturated carbocycles. The van der Waals surface area contributed by atoms with Crippen molar-refractivity contribution in [3.05, 3.63) is 59.2 Å². The third-order valence-electron chi connectivity index (χ3n) is 5.80. The number of benzene rings is 2. The molecule has 1 aliphatic carbocycles. The first kappa shape index (κ1) is 17.8. The highest BCUT2D eigenvalue weighted by Crippen LogP contribution is 2.43. The van der Waals surface area contributed by atoms with Crippen LogP contribution in [-0.4, -0.2) is 10.2 Å². The van der Waals surface area contributed by atoms with E-state index in [0.29, 0.717) is 17.4 Å². The molecule has 0 heterocycles. The molecule has 0 aliphatic heterocycles. The van der Waals surface area contributed by atoms with E-state index in [9.17, 15) is 10.2 Å². The minimum absolute atomic E-state index is 0.192. The molecule has 3 rings (SSSR count). The Hall–Kier alpha value is -1.96. The molecule has 25 heavy (non-hydrogen) atoms. The summed E-state index contributed by atoms with van der Waals surface area (Å²) in [6.07, 6.45) is 7.83. The number of rotatable bonds is 5. The average Bonchev–Trinajstić information content (AvgIpc) is 2.63. The van der Waals surface area contributed by atoms with Gasteiger partial charge in [-0.3, -0.25) is 0 Å². The fourth-order valence-electron chi connectivity index (χ4n) is 4.11. The normalized spacial score (nSPS) is 16.1. The van der Waals surface area contributed by atoms with E-state index in [0.717, 1.165) is 36.8 Å². The van der Waals surface area contributed by atoms with Crippen LogP contribution in [0.15, 0.2) is 42.5 Å². The van der Waals surface area contributed by atoms with Gasteiger partial charge in [-0.25, -0.2) is 0 Å². The Balaban J connectivity index is 1.79. The van der Waals surface area contributed by atoms with Crippen molar-refractivity contribution in [2.24, 2.45) is 0 Å². The predicted octanol–water partition coefficient (Wildman–Crippen LogP) is 6.06. The van der Waals surface area contributed by atoms with Gasteiger partial charge in [-0.15, -0.1) is 0 Å². The highest BCUT2D eigenvalue weighted by molar-refractivity contribution is 5.49. The van der Waals surface area contributed by atoms with Crippen molar-refractivity contribution >= 4 is 0 Å². The Bertz CT molecular complexity index is 698. The summed E-state index contributed by atoms with van der Waals surface area (Å²) >= 11 is 0. The molecule has 0 bridgehead atoms. The van der Waals surface area contributed by atoms with E-state index in [1.807, 2.05) is 18.2 Å². The van der Waals surface area contributed by atoms with Gasteiger partial charge in [0.25, 0.3) is 0 Å². The molecule has 2 heteroatoms. The van der Waals surface area contributed by atoms with Crippen molar-refractivity contribution in [2.45, 2.75) is 70.1 Å². The second-order valence-corrected chi connectivity index (χ2v) is 8.13. The molecule has 2 aromatic rings. The summed E-state index contributed by atoms with van der Waals surface area (Å²) in [5.41, 5.74) is 2.89. The van der Waals surface area contributed by atoms with Gasteiger partial charge in [0.15, 0.2) is 0 Å². The van der Waals surface area contributed by atoms with E-state index in [1.165, 1.54) is 24.8 Å². The van der Waals surface area contributed by atoms with E-state index >= 15 is 0 Å². The van der Waals surface area contributed by atoms with Crippen molar-refractivity contribution in [1.82, 2.24) is 0 Å². The Morgan fingerprint density at radius 3 is 2.28 bits per heavy atom. The molecule has 1 aliphatic rings. The van der Waals surface area contributed by atoms with Crippen LogP contribution in [0.25, 0.3) is 0 Å². The van der Waals surface area contributed by atoms with E-state index in [2.05, 4.69) is 38.1 Å². The maximum absolute atomic E-state index is 10.7. The molecule has 0 aromatic heterocycles. The lowest BCUT2D eigenvalue weighted by Crippen LogP contribution is -2.19. The third-order valence-corrected chi connectivity index (χ3v) is 5.80. The first-order chi connectivity index (χ1) is 12.0. The number of hydrogen-bond donors (Lipinski definition) is 2. The molecule has 0 radical (unpaired) electrons. The maximum atomic E-state index is 10.7. The molecular formula is C23H30O2. The number of hydrogen-bond acceptors (Lipinski definition) is 2. The van der Waals surface area contributed by atoms with Gasteiger partial charge in [0.1, 0.15) is 11.5 Å². The average molecular weight is 338 g/mol. The fourth-order valence-corrected chi connectivity index (χ4v) is 4.11. The highest BCUT2D eigenvalue weighted by Gasteiger charge is 2.27. The third kappa shape index (κ3) is 4.18. The van der Waals surface area contributed by atoms with Crippen LogP contribution in [-0.2, 0) is 11.8 Å². The van der Waals surface area contributed by atoms with Crippen LogP contribution >= 0.6 is 0 Å². The van der Waals surface area contributed by atoms with Crippen molar-refractivity contribution in [3.8, 4) is 11.5 Å². The quantitative estimate of drug-likeness (QED) is 0.651. The summed E-state index contributed by atoms with van der Waals surface area (Å²) in [5, 5.41) is 21.3. The summed E-state index contributed by atoms with van der Waals surface area (Å²) in [4.78, 5) is 0. The number of aryl methyl sites for hydroxylation is 1. The second kappa shape index (κ2) is 7.51. The summed E-state index contributed by atoms with van der Waals surface area (Å²) in [7, 11) is 0. The smallest absolute Gasteiger partial charge is 0.119 e. The van der Waals surface area contributed by atoms with E-state index < -0.39 is 0 Å². The topological polar surface area (TPSA) is 40.5 Å². The lowest BCUT2D eigenvalue weighted by atomic mass is 9.77. The van der Waals surface area contributed by atoms with Crippen molar-refractivity contribution in [2.75, 3.05) is 0 Å². The van der Waals surface area contributed by atoms with Gasteiger partial charge in [0, 0.05) is 11.1 Å². The Kier molecular flexibility index (Phi) is 5.36. The lowest BCUT2D eigenvalue weighted by Gasteiger charge is -2.29. The molecule has 0 amide bonds. The largest absolute Gasteiger partial charge is 0.508 e. The van der Waals surface area contributed by atoms with Crippen LogP contribution in [0.5, 0.6) is 11.5 Å². The zero-order valence-corrected chi connectivity index (χ0v) is 15.5. The van der Waals surface area contributed by atoms with Crippen molar-refractivity contribution in [1.29, 1.82) is 0 Å². The maximum Gasteiger partial charge on any atom is 0.119 e. The van der Waals surface area contributed by atoms with Crippen LogP contribution in [0, 0.1) is 0 Å². The van der Waals surface area contributed by atoms with Gasteiger partial charge >= 0.3 is 0 Å². The van der Waals surface area contributed by atoms with Crippen LogP contribution < -0.4 is 0 Å². The molecular weight excluding hydrogens is 308 g/mol. The zero-order valence-electron chi connectivity index (χ0n) is 15.5. The zero-order chi connectivity index (χ0) is 17.9. The lowest BCUT2D eigenvalue weighted by molar-refractivity contribution is 0.393.